The summed E-state index contributed by atoms with van der Waals surface area (Å²) in [5.41, 5.74) is 6.56. The summed E-state index contributed by atoms with van der Waals surface area (Å²) in [6.45, 7) is 4.37. The SMILES string of the molecule is CCCCN(CCc1ccccc1)CC(N)=O. The summed E-state index contributed by atoms with van der Waals surface area (Å²) in [5.74, 6) is -0.242. The van der Waals surface area contributed by atoms with Gasteiger partial charge in [-0.25, -0.2) is 0 Å². The van der Waals surface area contributed by atoms with Crippen LogP contribution in [0.5, 0.6) is 0 Å². The van der Waals surface area contributed by atoms with Crippen LogP contribution in [0, 0.1) is 0 Å². The van der Waals surface area contributed by atoms with Crippen LogP contribution in [0.2, 0.25) is 0 Å². The van der Waals surface area contributed by atoms with Gasteiger partial charge in [-0.3, -0.25) is 9.69 Å². The van der Waals surface area contributed by atoms with E-state index in [0.717, 1.165) is 32.4 Å². The molecule has 3 heteroatoms. The molecule has 3 nitrogen and oxygen atoms in total. The molecule has 0 fully saturated rings. The van der Waals surface area contributed by atoms with Gasteiger partial charge in [0.05, 0.1) is 6.54 Å². The smallest absolute Gasteiger partial charge is 0.231 e. The molecular weight excluding hydrogens is 212 g/mol. The van der Waals surface area contributed by atoms with E-state index in [0.29, 0.717) is 6.54 Å². The summed E-state index contributed by atoms with van der Waals surface area (Å²) in [6, 6.07) is 10.3. The molecule has 0 heterocycles. The highest BCUT2D eigenvalue weighted by Crippen LogP contribution is 2.02. The number of hydrogen-bond acceptors (Lipinski definition) is 2. The highest BCUT2D eigenvalue weighted by Gasteiger charge is 2.07. The number of benzene rings is 1. The molecule has 0 aliphatic carbocycles. The van der Waals surface area contributed by atoms with Crippen LogP contribution in [0.4, 0.5) is 0 Å². The van der Waals surface area contributed by atoms with E-state index in [-0.39, 0.29) is 5.91 Å². The quantitative estimate of drug-likeness (QED) is 0.745. The summed E-state index contributed by atoms with van der Waals surface area (Å²) in [4.78, 5) is 13.1. The minimum absolute atomic E-state index is 0.242. The van der Waals surface area contributed by atoms with Crippen LogP contribution in [-0.4, -0.2) is 30.4 Å². The molecule has 1 amide bonds. The highest BCUT2D eigenvalue weighted by molar-refractivity contribution is 5.75. The number of carbonyl (C=O) groups excluding carboxylic acids is 1. The molecular formula is C14H22N2O. The maximum Gasteiger partial charge on any atom is 0.231 e. The van der Waals surface area contributed by atoms with Crippen LogP contribution in [-0.2, 0) is 11.2 Å². The molecule has 0 aliphatic rings. The fourth-order valence-corrected chi connectivity index (χ4v) is 1.80. The van der Waals surface area contributed by atoms with Gasteiger partial charge in [0, 0.05) is 6.54 Å². The Morgan fingerprint density at radius 2 is 1.94 bits per heavy atom. The molecule has 1 aromatic rings. The van der Waals surface area contributed by atoms with Gasteiger partial charge in [-0.05, 0) is 24.9 Å². The molecule has 0 bridgehead atoms. The zero-order chi connectivity index (χ0) is 12.5. The van der Waals surface area contributed by atoms with Gasteiger partial charge >= 0.3 is 0 Å². The Bertz CT molecular complexity index is 324. The molecule has 0 spiro atoms. The van der Waals surface area contributed by atoms with Gasteiger partial charge < -0.3 is 5.73 Å². The summed E-state index contributed by atoms with van der Waals surface area (Å²) in [7, 11) is 0. The van der Waals surface area contributed by atoms with Crippen molar-refractivity contribution in [2.75, 3.05) is 19.6 Å². The van der Waals surface area contributed by atoms with Crippen molar-refractivity contribution in [2.45, 2.75) is 26.2 Å². The average Bonchev–Trinajstić information content (AvgIpc) is 2.33. The van der Waals surface area contributed by atoms with Crippen LogP contribution in [0.1, 0.15) is 25.3 Å². The van der Waals surface area contributed by atoms with E-state index >= 15 is 0 Å². The lowest BCUT2D eigenvalue weighted by Gasteiger charge is -2.20. The number of amides is 1. The van der Waals surface area contributed by atoms with E-state index in [1.807, 2.05) is 18.2 Å². The summed E-state index contributed by atoms with van der Waals surface area (Å²) in [5, 5.41) is 0. The number of nitrogens with zero attached hydrogens (tertiary/aromatic N) is 1. The van der Waals surface area contributed by atoms with E-state index in [4.69, 9.17) is 5.73 Å². The predicted molar refractivity (Wildman–Crippen MR) is 70.7 cm³/mol. The number of primary amides is 1. The Balaban J connectivity index is 2.40. The first kappa shape index (κ1) is 13.7. The molecule has 1 rings (SSSR count). The molecule has 0 saturated heterocycles. The van der Waals surface area contributed by atoms with Crippen molar-refractivity contribution in [3.63, 3.8) is 0 Å². The van der Waals surface area contributed by atoms with Crippen molar-refractivity contribution >= 4 is 5.91 Å². The standard InChI is InChI=1S/C14H22N2O/c1-2-3-10-16(12-14(15)17)11-9-13-7-5-4-6-8-13/h4-8H,2-3,9-12H2,1H3,(H2,15,17). The van der Waals surface area contributed by atoms with Crippen LogP contribution < -0.4 is 5.73 Å². The van der Waals surface area contributed by atoms with Crippen molar-refractivity contribution in [1.29, 1.82) is 0 Å². The van der Waals surface area contributed by atoms with Crippen molar-refractivity contribution in [2.24, 2.45) is 5.73 Å². The predicted octanol–water partition coefficient (Wildman–Crippen LogP) is 1.82. The van der Waals surface area contributed by atoms with E-state index < -0.39 is 0 Å². The van der Waals surface area contributed by atoms with Gasteiger partial charge in [0.1, 0.15) is 0 Å². The minimum Gasteiger partial charge on any atom is -0.369 e. The van der Waals surface area contributed by atoms with Gasteiger partial charge in [-0.15, -0.1) is 0 Å². The van der Waals surface area contributed by atoms with Crippen molar-refractivity contribution in [1.82, 2.24) is 4.90 Å². The molecule has 94 valence electrons. The van der Waals surface area contributed by atoms with Crippen molar-refractivity contribution in [3.05, 3.63) is 35.9 Å². The first-order valence-corrected chi connectivity index (χ1v) is 6.27. The highest BCUT2D eigenvalue weighted by atomic mass is 16.1. The first-order chi connectivity index (χ1) is 8.22. The fourth-order valence-electron chi connectivity index (χ4n) is 1.80. The summed E-state index contributed by atoms with van der Waals surface area (Å²) < 4.78 is 0. The number of hydrogen-bond donors (Lipinski definition) is 1. The zero-order valence-corrected chi connectivity index (χ0v) is 10.6. The second-order valence-corrected chi connectivity index (χ2v) is 4.33. The second-order valence-electron chi connectivity index (χ2n) is 4.33. The Morgan fingerprint density at radius 1 is 1.24 bits per heavy atom. The maximum atomic E-state index is 11.0. The Kier molecular flexibility index (Phi) is 6.33. The van der Waals surface area contributed by atoms with Crippen LogP contribution in [0.15, 0.2) is 30.3 Å². The Labute approximate surface area is 104 Å². The largest absolute Gasteiger partial charge is 0.369 e. The van der Waals surface area contributed by atoms with Gasteiger partial charge in [-0.2, -0.15) is 0 Å². The molecule has 0 aliphatic heterocycles. The fraction of sp³-hybridized carbons (Fsp3) is 0.500. The second kappa shape index (κ2) is 7.85. The van der Waals surface area contributed by atoms with Crippen LogP contribution >= 0.6 is 0 Å². The molecule has 1 aromatic carbocycles. The molecule has 0 radical (unpaired) electrons. The third kappa shape index (κ3) is 6.07. The zero-order valence-electron chi connectivity index (χ0n) is 10.6. The van der Waals surface area contributed by atoms with E-state index in [1.54, 1.807) is 0 Å². The number of carbonyl (C=O) groups is 1. The lowest BCUT2D eigenvalue weighted by Crippen LogP contribution is -2.35. The molecule has 0 aromatic heterocycles. The normalized spacial score (nSPS) is 10.7. The summed E-state index contributed by atoms with van der Waals surface area (Å²) >= 11 is 0. The monoisotopic (exact) mass is 234 g/mol. The van der Waals surface area contributed by atoms with Gasteiger partial charge in [-0.1, -0.05) is 43.7 Å². The number of nitrogens with two attached hydrogens (primary N) is 1. The number of rotatable bonds is 8. The van der Waals surface area contributed by atoms with Gasteiger partial charge in [0.15, 0.2) is 0 Å². The summed E-state index contributed by atoms with van der Waals surface area (Å²) in [6.07, 6.45) is 3.22. The van der Waals surface area contributed by atoms with Crippen LogP contribution in [0.25, 0.3) is 0 Å². The van der Waals surface area contributed by atoms with E-state index in [1.165, 1.54) is 5.56 Å². The molecule has 0 atom stereocenters. The topological polar surface area (TPSA) is 46.3 Å². The average molecular weight is 234 g/mol. The first-order valence-electron chi connectivity index (χ1n) is 6.27. The molecule has 17 heavy (non-hydrogen) atoms. The van der Waals surface area contributed by atoms with Crippen molar-refractivity contribution < 1.29 is 4.79 Å². The lowest BCUT2D eigenvalue weighted by molar-refractivity contribution is -0.119. The maximum absolute atomic E-state index is 11.0. The molecule has 0 unspecified atom stereocenters. The molecule has 0 saturated carbocycles. The third-order valence-electron chi connectivity index (χ3n) is 2.77. The Hall–Kier alpha value is -1.35. The Morgan fingerprint density at radius 3 is 2.53 bits per heavy atom. The lowest BCUT2D eigenvalue weighted by atomic mass is 10.1. The van der Waals surface area contributed by atoms with Crippen LogP contribution in [0.3, 0.4) is 0 Å². The number of unbranched alkanes of at least 4 members (excludes halogenated alkanes) is 1. The third-order valence-corrected chi connectivity index (χ3v) is 2.77. The van der Waals surface area contributed by atoms with Gasteiger partial charge in [0.2, 0.25) is 5.91 Å². The molecule has 2 N–H and O–H groups in total. The van der Waals surface area contributed by atoms with E-state index in [9.17, 15) is 4.79 Å². The van der Waals surface area contributed by atoms with Crippen molar-refractivity contribution in [3.8, 4) is 0 Å². The van der Waals surface area contributed by atoms with E-state index in [2.05, 4.69) is 24.0 Å². The minimum atomic E-state index is -0.242. The van der Waals surface area contributed by atoms with Gasteiger partial charge in [0.25, 0.3) is 0 Å².